The van der Waals surface area contributed by atoms with Crippen molar-refractivity contribution in [3.05, 3.63) is 61.0 Å². The first kappa shape index (κ1) is 19.1. The number of furan rings is 1. The van der Waals surface area contributed by atoms with E-state index in [1.54, 1.807) is 45.3 Å². The Labute approximate surface area is 180 Å². The number of hydrogen-bond acceptors (Lipinski definition) is 7. The zero-order chi connectivity index (χ0) is 20.0. The van der Waals surface area contributed by atoms with Crippen molar-refractivity contribution in [3.8, 4) is 0 Å². The molecular formula is C21H21N3O2S3. The minimum absolute atomic E-state index is 0.0504. The van der Waals surface area contributed by atoms with Crippen LogP contribution in [0.4, 0.5) is 0 Å². The number of thioether (sulfide) groups is 1. The van der Waals surface area contributed by atoms with E-state index in [-0.39, 0.29) is 5.56 Å². The molecule has 29 heavy (non-hydrogen) atoms. The molecule has 1 aliphatic carbocycles. The van der Waals surface area contributed by atoms with E-state index in [9.17, 15) is 4.79 Å². The van der Waals surface area contributed by atoms with Crippen LogP contribution in [0.3, 0.4) is 0 Å². The van der Waals surface area contributed by atoms with E-state index in [4.69, 9.17) is 14.4 Å². The fourth-order valence-corrected chi connectivity index (χ4v) is 6.79. The number of aryl methyl sites for hydroxylation is 2. The molecule has 0 aliphatic heterocycles. The Bertz CT molecular complexity index is 1220. The maximum atomic E-state index is 13.5. The molecule has 0 unspecified atom stereocenters. The van der Waals surface area contributed by atoms with Crippen LogP contribution in [-0.2, 0) is 25.1 Å². The summed E-state index contributed by atoms with van der Waals surface area (Å²) in [7, 11) is 0. The molecule has 4 aromatic heterocycles. The molecule has 5 rings (SSSR count). The van der Waals surface area contributed by atoms with Crippen LogP contribution in [0.15, 0.2) is 38.1 Å². The van der Waals surface area contributed by atoms with Gasteiger partial charge >= 0.3 is 0 Å². The van der Waals surface area contributed by atoms with Crippen molar-refractivity contribution in [2.24, 2.45) is 0 Å². The molecule has 0 amide bonds. The lowest BCUT2D eigenvalue weighted by molar-refractivity contribution is 0.476. The van der Waals surface area contributed by atoms with Gasteiger partial charge in [-0.2, -0.15) is 0 Å². The molecule has 8 heteroatoms. The first-order valence-electron chi connectivity index (χ1n) is 9.74. The van der Waals surface area contributed by atoms with Crippen molar-refractivity contribution in [2.75, 3.05) is 0 Å². The minimum atomic E-state index is 0.0504. The van der Waals surface area contributed by atoms with Gasteiger partial charge in [0.15, 0.2) is 5.16 Å². The van der Waals surface area contributed by atoms with Crippen LogP contribution in [0.25, 0.3) is 10.2 Å². The Morgan fingerprint density at radius 2 is 2.21 bits per heavy atom. The fraction of sp³-hybridized carbons (Fsp3) is 0.381. The van der Waals surface area contributed by atoms with Gasteiger partial charge in [0, 0.05) is 21.9 Å². The van der Waals surface area contributed by atoms with E-state index in [1.807, 2.05) is 12.1 Å². The van der Waals surface area contributed by atoms with E-state index >= 15 is 0 Å². The number of aromatic nitrogens is 3. The molecule has 0 saturated carbocycles. The summed E-state index contributed by atoms with van der Waals surface area (Å²) in [5, 5.41) is 4.80. The molecule has 0 radical (unpaired) electrons. The summed E-state index contributed by atoms with van der Waals surface area (Å²) in [6.45, 7) is 4.71. The maximum absolute atomic E-state index is 13.5. The average Bonchev–Trinajstić information content (AvgIpc) is 3.47. The van der Waals surface area contributed by atoms with Crippen molar-refractivity contribution in [2.45, 2.75) is 56.5 Å². The highest BCUT2D eigenvalue weighted by atomic mass is 32.2. The molecule has 150 valence electrons. The summed E-state index contributed by atoms with van der Waals surface area (Å²) in [5.41, 5.74) is 2.30. The normalized spacial score (nSPS) is 13.6. The molecule has 0 spiro atoms. The summed E-state index contributed by atoms with van der Waals surface area (Å²) >= 11 is 4.96. The summed E-state index contributed by atoms with van der Waals surface area (Å²) in [5.74, 6) is 1.89. The monoisotopic (exact) mass is 443 g/mol. The van der Waals surface area contributed by atoms with E-state index in [1.165, 1.54) is 10.4 Å². The van der Waals surface area contributed by atoms with Gasteiger partial charge in [-0.1, -0.05) is 25.6 Å². The predicted octanol–water partition coefficient (Wildman–Crippen LogP) is 5.46. The fourth-order valence-electron chi connectivity index (χ4n) is 3.66. The van der Waals surface area contributed by atoms with Crippen LogP contribution < -0.4 is 5.56 Å². The molecule has 1 aliphatic rings. The molecule has 0 bridgehead atoms. The summed E-state index contributed by atoms with van der Waals surface area (Å²) in [4.78, 5) is 25.3. The summed E-state index contributed by atoms with van der Waals surface area (Å²) in [6.07, 6.45) is 4.82. The third-order valence-electron chi connectivity index (χ3n) is 5.10. The largest absolute Gasteiger partial charge is 0.467 e. The van der Waals surface area contributed by atoms with Gasteiger partial charge < -0.3 is 4.42 Å². The zero-order valence-electron chi connectivity index (χ0n) is 16.3. The number of thiophene rings is 1. The van der Waals surface area contributed by atoms with Crippen molar-refractivity contribution in [1.82, 2.24) is 14.5 Å². The maximum Gasteiger partial charge on any atom is 0.263 e. The molecule has 0 saturated heterocycles. The second kappa shape index (κ2) is 7.74. The minimum Gasteiger partial charge on any atom is -0.467 e. The average molecular weight is 444 g/mol. The van der Waals surface area contributed by atoms with Crippen LogP contribution in [-0.4, -0.2) is 14.5 Å². The number of thiazole rings is 1. The van der Waals surface area contributed by atoms with Gasteiger partial charge in [-0.25, -0.2) is 9.97 Å². The van der Waals surface area contributed by atoms with Gasteiger partial charge in [0.05, 0.1) is 28.9 Å². The van der Waals surface area contributed by atoms with Gasteiger partial charge in [-0.05, 0) is 37.0 Å². The van der Waals surface area contributed by atoms with Crippen molar-refractivity contribution < 1.29 is 4.42 Å². The number of hydrogen-bond donors (Lipinski definition) is 0. The Morgan fingerprint density at radius 3 is 2.97 bits per heavy atom. The first-order chi connectivity index (χ1) is 14.1. The molecule has 4 heterocycles. The molecule has 0 aromatic carbocycles. The van der Waals surface area contributed by atoms with E-state index < -0.39 is 0 Å². The highest BCUT2D eigenvalue weighted by molar-refractivity contribution is 7.98. The number of rotatable bonds is 6. The second-order valence-corrected chi connectivity index (χ2v) is 10.4. The molecular weight excluding hydrogens is 422 g/mol. The smallest absolute Gasteiger partial charge is 0.263 e. The van der Waals surface area contributed by atoms with Crippen LogP contribution >= 0.6 is 34.4 Å². The highest BCUT2D eigenvalue weighted by Gasteiger charge is 2.24. The van der Waals surface area contributed by atoms with Crippen LogP contribution in [0.2, 0.25) is 0 Å². The number of fused-ring (bicyclic) bond motifs is 3. The first-order valence-corrected chi connectivity index (χ1v) is 12.4. The Hall–Kier alpha value is -1.90. The lowest BCUT2D eigenvalue weighted by Crippen LogP contribution is -2.24. The number of nitrogens with zero attached hydrogens (tertiary/aromatic N) is 3. The van der Waals surface area contributed by atoms with E-state index in [0.29, 0.717) is 18.2 Å². The van der Waals surface area contributed by atoms with Crippen molar-refractivity contribution >= 4 is 44.7 Å². The SMILES string of the molecule is CC(C)c1nc(CSc2nc3sc4c(c3c(=O)n2Cc2ccco2)CCC4)cs1. The Kier molecular flexibility index (Phi) is 5.09. The van der Waals surface area contributed by atoms with Crippen molar-refractivity contribution in [3.63, 3.8) is 0 Å². The van der Waals surface area contributed by atoms with Crippen LogP contribution in [0.1, 0.15) is 53.1 Å². The van der Waals surface area contributed by atoms with Gasteiger partial charge in [-0.15, -0.1) is 22.7 Å². The predicted molar refractivity (Wildman–Crippen MR) is 119 cm³/mol. The molecule has 5 nitrogen and oxygen atoms in total. The van der Waals surface area contributed by atoms with Gasteiger partial charge in [0.1, 0.15) is 10.6 Å². The lowest BCUT2D eigenvalue weighted by atomic mass is 10.2. The molecule has 0 fully saturated rings. The van der Waals surface area contributed by atoms with Gasteiger partial charge in [-0.3, -0.25) is 9.36 Å². The highest BCUT2D eigenvalue weighted by Crippen LogP contribution is 2.36. The standard InChI is InChI=1S/C21H21N3O2S3/c1-12(2)18-22-13(10-27-18)11-28-21-23-19-17(15-6-3-7-16(15)29-19)20(25)24(21)9-14-5-4-8-26-14/h4-5,8,10,12H,3,6-7,9,11H2,1-2H3. The molecule has 4 aromatic rings. The quantitative estimate of drug-likeness (QED) is 0.292. The van der Waals surface area contributed by atoms with Gasteiger partial charge in [0.2, 0.25) is 0 Å². The lowest BCUT2D eigenvalue weighted by Gasteiger charge is -2.11. The van der Waals surface area contributed by atoms with E-state index in [2.05, 4.69) is 19.2 Å². The zero-order valence-corrected chi connectivity index (χ0v) is 18.8. The summed E-state index contributed by atoms with van der Waals surface area (Å²) < 4.78 is 7.29. The molecule has 0 atom stereocenters. The summed E-state index contributed by atoms with van der Waals surface area (Å²) in [6, 6.07) is 3.75. The third-order valence-corrected chi connectivity index (χ3v) is 8.49. The second-order valence-electron chi connectivity index (χ2n) is 7.52. The topological polar surface area (TPSA) is 60.9 Å². The Morgan fingerprint density at radius 1 is 1.31 bits per heavy atom. The third kappa shape index (κ3) is 3.58. The van der Waals surface area contributed by atoms with E-state index in [0.717, 1.165) is 51.1 Å². The Balaban J connectivity index is 1.54. The van der Waals surface area contributed by atoms with Gasteiger partial charge in [0.25, 0.3) is 5.56 Å². The van der Waals surface area contributed by atoms with Crippen LogP contribution in [0, 0.1) is 0 Å². The van der Waals surface area contributed by atoms with Crippen LogP contribution in [0.5, 0.6) is 0 Å². The van der Waals surface area contributed by atoms with Crippen molar-refractivity contribution in [1.29, 1.82) is 0 Å². The molecule has 0 N–H and O–H groups in total.